The number of carbonyl (C=O) groups is 1. The van der Waals surface area contributed by atoms with E-state index in [0.717, 1.165) is 22.4 Å². The molecule has 0 fully saturated rings. The van der Waals surface area contributed by atoms with Gasteiger partial charge in [-0.15, -0.1) is 0 Å². The van der Waals surface area contributed by atoms with Gasteiger partial charge in [0, 0.05) is 17.3 Å². The summed E-state index contributed by atoms with van der Waals surface area (Å²) in [5.74, 6) is 1.04. The summed E-state index contributed by atoms with van der Waals surface area (Å²) in [5.41, 5.74) is 4.29. The van der Waals surface area contributed by atoms with E-state index < -0.39 is 0 Å². The van der Waals surface area contributed by atoms with Crippen LogP contribution in [-0.4, -0.2) is 32.4 Å². The van der Waals surface area contributed by atoms with Crippen molar-refractivity contribution in [2.24, 2.45) is 5.16 Å². The molecule has 0 heterocycles. The Labute approximate surface area is 153 Å². The van der Waals surface area contributed by atoms with Gasteiger partial charge < -0.3 is 19.6 Å². The predicted molar refractivity (Wildman–Crippen MR) is 102 cm³/mol. The van der Waals surface area contributed by atoms with E-state index >= 15 is 0 Å². The molecule has 6 nitrogen and oxygen atoms in total. The van der Waals surface area contributed by atoms with Gasteiger partial charge in [-0.25, -0.2) is 0 Å². The largest absolute Gasteiger partial charge is 0.497 e. The van der Waals surface area contributed by atoms with E-state index in [1.807, 2.05) is 44.2 Å². The smallest absolute Gasteiger partial charge is 0.265 e. The van der Waals surface area contributed by atoms with Gasteiger partial charge in [0.2, 0.25) is 0 Å². The van der Waals surface area contributed by atoms with Crippen LogP contribution in [0.3, 0.4) is 0 Å². The molecule has 0 aliphatic heterocycles. The summed E-state index contributed by atoms with van der Waals surface area (Å²) in [6.07, 6.45) is 0. The monoisotopic (exact) mass is 356 g/mol. The maximum atomic E-state index is 12.1. The number of oxime groups is 1. The van der Waals surface area contributed by atoms with Crippen molar-refractivity contribution in [1.82, 2.24) is 0 Å². The molecule has 0 unspecified atom stereocenters. The summed E-state index contributed by atoms with van der Waals surface area (Å²) >= 11 is 0. The third-order valence-corrected chi connectivity index (χ3v) is 4.07. The molecule has 2 aromatic carbocycles. The fraction of sp³-hybridized carbons (Fsp3) is 0.300. The molecular formula is C20H24N2O4. The van der Waals surface area contributed by atoms with E-state index in [9.17, 15) is 4.79 Å². The third kappa shape index (κ3) is 4.75. The number of carbonyl (C=O) groups excluding carboxylic acids is 1. The summed E-state index contributed by atoms with van der Waals surface area (Å²) in [6, 6.07) is 11.2. The highest BCUT2D eigenvalue weighted by Gasteiger charge is 2.10. The van der Waals surface area contributed by atoms with Crippen LogP contribution in [0.4, 0.5) is 5.69 Å². The first-order chi connectivity index (χ1) is 12.5. The molecule has 0 bridgehead atoms. The highest BCUT2D eigenvalue weighted by Crippen LogP contribution is 2.25. The van der Waals surface area contributed by atoms with Crippen LogP contribution in [0.25, 0.3) is 0 Å². The van der Waals surface area contributed by atoms with Crippen molar-refractivity contribution in [3.63, 3.8) is 0 Å². The van der Waals surface area contributed by atoms with Gasteiger partial charge in [-0.1, -0.05) is 17.3 Å². The second kappa shape index (κ2) is 8.89. The number of anilines is 1. The fourth-order valence-electron chi connectivity index (χ4n) is 2.41. The van der Waals surface area contributed by atoms with Crippen LogP contribution < -0.4 is 14.8 Å². The van der Waals surface area contributed by atoms with E-state index in [1.165, 1.54) is 0 Å². The Morgan fingerprint density at radius 3 is 2.58 bits per heavy atom. The SMILES string of the molecule is COc1ccc(/C(C)=N/OCC(=O)Nc2cccc(C)c2C)c(OC)c1. The lowest BCUT2D eigenvalue weighted by Crippen LogP contribution is -2.18. The first-order valence-corrected chi connectivity index (χ1v) is 8.21. The van der Waals surface area contributed by atoms with Gasteiger partial charge in [0.05, 0.1) is 19.9 Å². The predicted octanol–water partition coefficient (Wildman–Crippen LogP) is 3.70. The number of hydrogen-bond acceptors (Lipinski definition) is 5. The van der Waals surface area contributed by atoms with Crippen molar-refractivity contribution in [2.45, 2.75) is 20.8 Å². The number of amides is 1. The molecule has 0 saturated heterocycles. The Morgan fingerprint density at radius 2 is 1.88 bits per heavy atom. The van der Waals surface area contributed by atoms with Crippen molar-refractivity contribution in [2.75, 3.05) is 26.1 Å². The highest BCUT2D eigenvalue weighted by atomic mass is 16.6. The zero-order valence-electron chi connectivity index (χ0n) is 15.8. The lowest BCUT2D eigenvalue weighted by molar-refractivity contribution is -0.120. The number of ether oxygens (including phenoxy) is 2. The zero-order chi connectivity index (χ0) is 19.1. The number of nitrogens with zero attached hydrogens (tertiary/aromatic N) is 1. The number of methoxy groups -OCH3 is 2. The molecule has 1 N–H and O–H groups in total. The van der Waals surface area contributed by atoms with Crippen molar-refractivity contribution >= 4 is 17.3 Å². The molecule has 2 aromatic rings. The van der Waals surface area contributed by atoms with E-state index in [2.05, 4.69) is 10.5 Å². The van der Waals surface area contributed by atoms with Gasteiger partial charge in [-0.2, -0.15) is 0 Å². The Hall–Kier alpha value is -3.02. The van der Waals surface area contributed by atoms with E-state index in [0.29, 0.717) is 17.2 Å². The molecule has 2 rings (SSSR count). The number of aryl methyl sites for hydroxylation is 1. The average Bonchev–Trinajstić information content (AvgIpc) is 2.64. The van der Waals surface area contributed by atoms with Gasteiger partial charge in [-0.3, -0.25) is 4.79 Å². The maximum Gasteiger partial charge on any atom is 0.265 e. The Kier molecular flexibility index (Phi) is 6.60. The quantitative estimate of drug-likeness (QED) is 0.607. The highest BCUT2D eigenvalue weighted by molar-refractivity contribution is 6.01. The molecule has 0 aromatic heterocycles. The number of hydrogen-bond donors (Lipinski definition) is 1. The maximum absolute atomic E-state index is 12.1. The Balaban J connectivity index is 1.99. The lowest BCUT2D eigenvalue weighted by atomic mass is 10.1. The van der Waals surface area contributed by atoms with Crippen LogP contribution in [0.1, 0.15) is 23.6 Å². The van der Waals surface area contributed by atoms with Crippen molar-refractivity contribution in [3.8, 4) is 11.5 Å². The molecule has 0 atom stereocenters. The standard InChI is InChI=1S/C20H24N2O4/c1-13-7-6-8-18(14(13)2)21-20(23)12-26-22-15(3)17-10-9-16(24-4)11-19(17)25-5/h6-11H,12H2,1-5H3,(H,21,23)/b22-15+. The minimum absolute atomic E-state index is 0.177. The van der Waals surface area contributed by atoms with Crippen molar-refractivity contribution in [1.29, 1.82) is 0 Å². The number of nitrogens with one attached hydrogen (secondary N) is 1. The van der Waals surface area contributed by atoms with Crippen LogP contribution in [0.2, 0.25) is 0 Å². The molecule has 0 radical (unpaired) electrons. The van der Waals surface area contributed by atoms with Crippen LogP contribution in [0.5, 0.6) is 11.5 Å². The molecule has 1 amide bonds. The Morgan fingerprint density at radius 1 is 1.12 bits per heavy atom. The number of rotatable bonds is 7. The molecule has 0 spiro atoms. The molecule has 0 saturated carbocycles. The minimum Gasteiger partial charge on any atom is -0.497 e. The summed E-state index contributed by atoms with van der Waals surface area (Å²) in [6.45, 7) is 5.57. The Bertz CT molecular complexity index is 815. The van der Waals surface area contributed by atoms with Gasteiger partial charge in [0.1, 0.15) is 11.5 Å². The zero-order valence-corrected chi connectivity index (χ0v) is 15.8. The van der Waals surface area contributed by atoms with Crippen molar-refractivity contribution in [3.05, 3.63) is 53.1 Å². The van der Waals surface area contributed by atoms with Crippen LogP contribution in [0, 0.1) is 13.8 Å². The first kappa shape index (κ1) is 19.3. The van der Waals surface area contributed by atoms with E-state index in [4.69, 9.17) is 14.3 Å². The molecule has 26 heavy (non-hydrogen) atoms. The van der Waals surface area contributed by atoms with Crippen LogP contribution >= 0.6 is 0 Å². The minimum atomic E-state index is -0.267. The van der Waals surface area contributed by atoms with E-state index in [-0.39, 0.29) is 12.5 Å². The van der Waals surface area contributed by atoms with Gasteiger partial charge in [0.25, 0.3) is 5.91 Å². The summed E-state index contributed by atoms with van der Waals surface area (Å²) in [5, 5.41) is 6.84. The second-order valence-corrected chi connectivity index (χ2v) is 5.81. The summed E-state index contributed by atoms with van der Waals surface area (Å²) in [4.78, 5) is 17.3. The molecular weight excluding hydrogens is 332 g/mol. The third-order valence-electron chi connectivity index (χ3n) is 4.07. The topological polar surface area (TPSA) is 69.2 Å². The molecule has 6 heteroatoms. The van der Waals surface area contributed by atoms with Gasteiger partial charge in [-0.05, 0) is 50.1 Å². The van der Waals surface area contributed by atoms with Gasteiger partial charge in [0.15, 0.2) is 6.61 Å². The summed E-state index contributed by atoms with van der Waals surface area (Å²) < 4.78 is 10.5. The fourth-order valence-corrected chi connectivity index (χ4v) is 2.41. The van der Waals surface area contributed by atoms with Gasteiger partial charge >= 0.3 is 0 Å². The second-order valence-electron chi connectivity index (χ2n) is 5.81. The first-order valence-electron chi connectivity index (χ1n) is 8.21. The molecule has 0 aliphatic rings. The van der Waals surface area contributed by atoms with Crippen molar-refractivity contribution < 1.29 is 19.1 Å². The summed E-state index contributed by atoms with van der Waals surface area (Å²) in [7, 11) is 3.16. The van der Waals surface area contributed by atoms with Crippen LogP contribution in [0.15, 0.2) is 41.6 Å². The normalized spacial score (nSPS) is 11.0. The lowest BCUT2D eigenvalue weighted by Gasteiger charge is -2.11. The molecule has 138 valence electrons. The molecule has 0 aliphatic carbocycles. The van der Waals surface area contributed by atoms with Crippen LogP contribution in [-0.2, 0) is 9.63 Å². The van der Waals surface area contributed by atoms with E-state index in [1.54, 1.807) is 27.2 Å². The number of benzene rings is 2. The average molecular weight is 356 g/mol.